The van der Waals surface area contributed by atoms with Crippen molar-refractivity contribution in [2.24, 2.45) is 0 Å². The third kappa shape index (κ3) is 2.23. The Labute approximate surface area is 146 Å². The van der Waals surface area contributed by atoms with Gasteiger partial charge in [0.25, 0.3) is 0 Å². The first-order valence-corrected chi connectivity index (χ1v) is 8.41. The Bertz CT molecular complexity index is 1170. The lowest BCUT2D eigenvalue weighted by Crippen LogP contribution is -1.93. The third-order valence-corrected chi connectivity index (χ3v) is 4.69. The van der Waals surface area contributed by atoms with Gasteiger partial charge in [-0.3, -0.25) is 4.98 Å². The predicted octanol–water partition coefficient (Wildman–Crippen LogP) is 5.85. The molecule has 2 nitrogen and oxygen atoms in total. The second kappa shape index (κ2) is 5.60. The maximum absolute atomic E-state index is 4.35. The Balaban J connectivity index is 1.86. The second-order valence-corrected chi connectivity index (χ2v) is 6.16. The van der Waals surface area contributed by atoms with Gasteiger partial charge in [-0.05, 0) is 41.5 Å². The fourth-order valence-electron chi connectivity index (χ4n) is 3.53. The molecule has 0 spiro atoms. The molecule has 0 atom stereocenters. The number of benzene rings is 3. The Hall–Kier alpha value is -3.39. The maximum Gasteiger partial charge on any atom is 0.0724 e. The van der Waals surface area contributed by atoms with Crippen LogP contribution < -0.4 is 0 Å². The van der Waals surface area contributed by atoms with Gasteiger partial charge in [-0.2, -0.15) is 0 Å². The largest absolute Gasteiger partial charge is 0.308 e. The molecule has 2 heterocycles. The number of pyridine rings is 1. The maximum atomic E-state index is 4.35. The van der Waals surface area contributed by atoms with Crippen LogP contribution in [0.2, 0.25) is 0 Å². The summed E-state index contributed by atoms with van der Waals surface area (Å²) in [6.45, 7) is 0. The Morgan fingerprint density at radius 2 is 1.36 bits per heavy atom. The first kappa shape index (κ1) is 14.0. The molecule has 2 aromatic heterocycles. The molecule has 0 amide bonds. The van der Waals surface area contributed by atoms with Gasteiger partial charge in [0.15, 0.2) is 0 Å². The summed E-state index contributed by atoms with van der Waals surface area (Å²) in [4.78, 5) is 4.35. The van der Waals surface area contributed by atoms with Crippen LogP contribution in [-0.4, -0.2) is 9.55 Å². The number of fused-ring (bicyclic) bond motifs is 3. The predicted molar refractivity (Wildman–Crippen MR) is 104 cm³/mol. The molecule has 0 unspecified atom stereocenters. The van der Waals surface area contributed by atoms with Crippen molar-refractivity contribution in [3.05, 3.63) is 97.3 Å². The normalized spacial score (nSPS) is 11.2. The number of hydrogen-bond donors (Lipinski definition) is 0. The van der Waals surface area contributed by atoms with Crippen LogP contribution in [0.1, 0.15) is 0 Å². The van der Waals surface area contributed by atoms with Gasteiger partial charge < -0.3 is 4.57 Å². The van der Waals surface area contributed by atoms with E-state index in [1.54, 1.807) is 0 Å². The lowest BCUT2D eigenvalue weighted by molar-refractivity contribution is 1.17. The van der Waals surface area contributed by atoms with Gasteiger partial charge in [-0.15, -0.1) is 0 Å². The molecule has 5 aromatic rings. The van der Waals surface area contributed by atoms with Crippen LogP contribution in [0.15, 0.2) is 97.3 Å². The van der Waals surface area contributed by atoms with Crippen molar-refractivity contribution in [3.8, 4) is 16.8 Å². The molecule has 0 saturated carbocycles. The Morgan fingerprint density at radius 3 is 2.16 bits per heavy atom. The number of aromatic nitrogens is 2. The average Bonchev–Trinajstić information content (AvgIpc) is 3.03. The molecule has 0 aliphatic heterocycles. The van der Waals surface area contributed by atoms with Gasteiger partial charge in [0.2, 0.25) is 0 Å². The van der Waals surface area contributed by atoms with Crippen LogP contribution in [-0.2, 0) is 0 Å². The lowest BCUT2D eigenvalue weighted by Gasteiger charge is -2.07. The minimum Gasteiger partial charge on any atom is -0.308 e. The van der Waals surface area contributed by atoms with Crippen LogP contribution in [0.4, 0.5) is 0 Å². The summed E-state index contributed by atoms with van der Waals surface area (Å²) in [5, 5.41) is 2.48. The molecule has 5 rings (SSSR count). The highest BCUT2D eigenvalue weighted by Crippen LogP contribution is 2.34. The van der Waals surface area contributed by atoms with E-state index in [0.717, 1.165) is 11.2 Å². The highest BCUT2D eigenvalue weighted by atomic mass is 15.0. The summed E-state index contributed by atoms with van der Waals surface area (Å²) in [6.07, 6.45) is 3.82. The van der Waals surface area contributed by atoms with Crippen LogP contribution in [0, 0.1) is 0 Å². The smallest absolute Gasteiger partial charge is 0.0724 e. The number of para-hydroxylation sites is 1. The van der Waals surface area contributed by atoms with Gasteiger partial charge in [-0.25, -0.2) is 0 Å². The van der Waals surface area contributed by atoms with Crippen LogP contribution in [0.25, 0.3) is 38.6 Å². The summed E-state index contributed by atoms with van der Waals surface area (Å²) in [6, 6.07) is 29.8. The zero-order chi connectivity index (χ0) is 16.6. The molecule has 0 aliphatic rings. The molecule has 0 saturated heterocycles. The van der Waals surface area contributed by atoms with Gasteiger partial charge in [0.05, 0.1) is 17.2 Å². The fourth-order valence-corrected chi connectivity index (χ4v) is 3.53. The van der Waals surface area contributed by atoms with Gasteiger partial charge in [-0.1, -0.05) is 54.6 Å². The van der Waals surface area contributed by atoms with Crippen LogP contribution in [0.3, 0.4) is 0 Å². The first-order chi connectivity index (χ1) is 12.4. The molecule has 118 valence electrons. The van der Waals surface area contributed by atoms with E-state index in [2.05, 4.69) is 88.4 Å². The van der Waals surface area contributed by atoms with E-state index in [0.29, 0.717) is 0 Å². The summed E-state index contributed by atoms with van der Waals surface area (Å²) >= 11 is 0. The van der Waals surface area contributed by atoms with Gasteiger partial charge in [0.1, 0.15) is 0 Å². The summed E-state index contributed by atoms with van der Waals surface area (Å²) in [5.74, 6) is 0. The fraction of sp³-hybridized carbons (Fsp3) is 0. The van der Waals surface area contributed by atoms with E-state index in [4.69, 9.17) is 0 Å². The van der Waals surface area contributed by atoms with Crippen molar-refractivity contribution < 1.29 is 0 Å². The standard InChI is InChI=1S/C23H16N2/c1-3-7-17(8-4-1)18-11-12-22-21(15-18)20-13-14-24-16-23(20)25(22)19-9-5-2-6-10-19/h1-16H. The van der Waals surface area contributed by atoms with E-state index in [-0.39, 0.29) is 0 Å². The lowest BCUT2D eigenvalue weighted by atomic mass is 10.0. The molecule has 0 fully saturated rings. The zero-order valence-electron chi connectivity index (χ0n) is 13.6. The van der Waals surface area contributed by atoms with Crippen LogP contribution >= 0.6 is 0 Å². The van der Waals surface area contributed by atoms with E-state index in [1.165, 1.54) is 27.4 Å². The molecule has 2 heteroatoms. The highest BCUT2D eigenvalue weighted by Gasteiger charge is 2.12. The van der Waals surface area contributed by atoms with E-state index in [9.17, 15) is 0 Å². The average molecular weight is 320 g/mol. The molecule has 0 aliphatic carbocycles. The molecule has 0 bridgehead atoms. The highest BCUT2D eigenvalue weighted by molar-refractivity contribution is 6.10. The molecule has 25 heavy (non-hydrogen) atoms. The summed E-state index contributed by atoms with van der Waals surface area (Å²) < 4.78 is 2.28. The summed E-state index contributed by atoms with van der Waals surface area (Å²) in [7, 11) is 0. The molecular weight excluding hydrogens is 304 g/mol. The van der Waals surface area contributed by atoms with Crippen molar-refractivity contribution in [1.82, 2.24) is 9.55 Å². The molecular formula is C23H16N2. The van der Waals surface area contributed by atoms with Crippen LogP contribution in [0.5, 0.6) is 0 Å². The van der Waals surface area contributed by atoms with Crippen molar-refractivity contribution >= 4 is 21.8 Å². The Morgan fingerprint density at radius 1 is 0.600 bits per heavy atom. The minimum absolute atomic E-state index is 1.13. The number of hydrogen-bond acceptors (Lipinski definition) is 1. The minimum atomic E-state index is 1.13. The number of nitrogens with zero attached hydrogens (tertiary/aromatic N) is 2. The molecule has 0 radical (unpaired) electrons. The van der Waals surface area contributed by atoms with Crippen molar-refractivity contribution in [2.75, 3.05) is 0 Å². The quantitative estimate of drug-likeness (QED) is 0.399. The van der Waals surface area contributed by atoms with E-state index in [1.807, 2.05) is 18.5 Å². The second-order valence-electron chi connectivity index (χ2n) is 6.16. The zero-order valence-corrected chi connectivity index (χ0v) is 13.6. The topological polar surface area (TPSA) is 17.8 Å². The Kier molecular flexibility index (Phi) is 3.14. The SMILES string of the molecule is c1ccc(-c2ccc3c(c2)c2ccncc2n3-c2ccccc2)cc1. The monoisotopic (exact) mass is 320 g/mol. The van der Waals surface area contributed by atoms with E-state index < -0.39 is 0 Å². The summed E-state index contributed by atoms with van der Waals surface area (Å²) in [5.41, 5.74) is 5.96. The molecule has 3 aromatic carbocycles. The first-order valence-electron chi connectivity index (χ1n) is 8.41. The van der Waals surface area contributed by atoms with Crippen molar-refractivity contribution in [1.29, 1.82) is 0 Å². The van der Waals surface area contributed by atoms with Gasteiger partial charge >= 0.3 is 0 Å². The van der Waals surface area contributed by atoms with Gasteiger partial charge in [0, 0.05) is 22.7 Å². The van der Waals surface area contributed by atoms with Crippen molar-refractivity contribution in [3.63, 3.8) is 0 Å². The molecule has 0 N–H and O–H groups in total. The number of rotatable bonds is 2. The third-order valence-electron chi connectivity index (χ3n) is 4.69. The van der Waals surface area contributed by atoms with Crippen molar-refractivity contribution in [2.45, 2.75) is 0 Å². The van der Waals surface area contributed by atoms with E-state index >= 15 is 0 Å².